The van der Waals surface area contributed by atoms with Crippen molar-refractivity contribution >= 4 is 18.1 Å². The average molecular weight is 329 g/mol. The van der Waals surface area contributed by atoms with E-state index in [9.17, 15) is 0 Å². The quantitative estimate of drug-likeness (QED) is 0.638. The monoisotopic (exact) mass is 329 g/mol. The number of nitrogens with two attached hydrogens (primary N) is 1. The van der Waals surface area contributed by atoms with Crippen LogP contribution in [0.2, 0.25) is 0 Å². The number of hydrazine groups is 1. The van der Waals surface area contributed by atoms with E-state index in [1.165, 1.54) is 0 Å². The molecule has 1 heterocycles. The number of hydrazone groups is 1. The van der Waals surface area contributed by atoms with Crippen LogP contribution in [0.3, 0.4) is 0 Å². The molecular formula is C17H27N7. The predicted octanol–water partition coefficient (Wildman–Crippen LogP) is 1.92. The van der Waals surface area contributed by atoms with Crippen molar-refractivity contribution in [2.75, 3.05) is 13.1 Å². The molecule has 1 aromatic rings. The maximum atomic E-state index is 8.41. The lowest BCUT2D eigenvalue weighted by atomic mass is 10.2. The molecule has 130 valence electrons. The summed E-state index contributed by atoms with van der Waals surface area (Å²) in [6, 6.07) is 10.1. The fraction of sp³-hybridized carbons (Fsp3) is 0.471. The number of hydrogen-bond acceptors (Lipinski definition) is 3. The van der Waals surface area contributed by atoms with Gasteiger partial charge >= 0.3 is 0 Å². The number of benzene rings is 1. The van der Waals surface area contributed by atoms with Crippen LogP contribution in [0.15, 0.2) is 40.4 Å². The third-order valence-electron chi connectivity index (χ3n) is 3.53. The molecular weight excluding hydrogens is 302 g/mol. The number of nitrogens with one attached hydrogen (secondary N) is 1. The molecule has 0 aliphatic carbocycles. The average Bonchev–Trinajstić information content (AvgIpc) is 2.86. The Morgan fingerprint density at radius 3 is 2.46 bits per heavy atom. The Kier molecular flexibility index (Phi) is 5.78. The standard InChI is InChI=1S/C17H27N7/c1-13(2)21-16(18)24(14(3)4)23-11-10-22(17(23)19)20-12-15-8-6-5-7-9-15/h5-9,12-14,19H,10-11H2,1-4H3,(H2,18,21). The topological polar surface area (TPSA) is 84.3 Å². The van der Waals surface area contributed by atoms with E-state index in [4.69, 9.17) is 11.1 Å². The summed E-state index contributed by atoms with van der Waals surface area (Å²) < 4.78 is 0. The second-order valence-electron chi connectivity index (χ2n) is 6.24. The molecule has 0 amide bonds. The van der Waals surface area contributed by atoms with Gasteiger partial charge in [0.25, 0.3) is 0 Å². The van der Waals surface area contributed by atoms with Crippen molar-refractivity contribution in [3.05, 3.63) is 35.9 Å². The van der Waals surface area contributed by atoms with E-state index in [2.05, 4.69) is 10.1 Å². The number of hydrogen-bond donors (Lipinski definition) is 2. The Morgan fingerprint density at radius 2 is 1.88 bits per heavy atom. The van der Waals surface area contributed by atoms with E-state index in [1.807, 2.05) is 68.0 Å². The van der Waals surface area contributed by atoms with Crippen molar-refractivity contribution in [2.45, 2.75) is 39.8 Å². The second kappa shape index (κ2) is 7.81. The van der Waals surface area contributed by atoms with Gasteiger partial charge in [-0.1, -0.05) is 30.3 Å². The molecule has 24 heavy (non-hydrogen) atoms. The maximum absolute atomic E-state index is 8.41. The molecule has 0 unspecified atom stereocenters. The molecule has 7 heteroatoms. The second-order valence-corrected chi connectivity index (χ2v) is 6.24. The zero-order valence-electron chi connectivity index (χ0n) is 14.8. The molecule has 0 aromatic heterocycles. The van der Waals surface area contributed by atoms with E-state index >= 15 is 0 Å². The third-order valence-corrected chi connectivity index (χ3v) is 3.53. The van der Waals surface area contributed by atoms with Gasteiger partial charge in [-0.3, -0.25) is 5.41 Å². The number of nitrogens with zero attached hydrogens (tertiary/aromatic N) is 5. The molecule has 1 fully saturated rings. The van der Waals surface area contributed by atoms with Gasteiger partial charge in [-0.2, -0.15) is 5.10 Å². The van der Waals surface area contributed by atoms with Gasteiger partial charge in [0.05, 0.1) is 19.3 Å². The van der Waals surface area contributed by atoms with Crippen LogP contribution >= 0.6 is 0 Å². The lowest BCUT2D eigenvalue weighted by molar-refractivity contribution is 0.107. The lowest BCUT2D eigenvalue weighted by Crippen LogP contribution is -2.55. The molecule has 0 radical (unpaired) electrons. The van der Waals surface area contributed by atoms with E-state index in [-0.39, 0.29) is 12.1 Å². The first-order chi connectivity index (χ1) is 11.4. The highest BCUT2D eigenvalue weighted by Crippen LogP contribution is 2.14. The maximum Gasteiger partial charge on any atom is 0.234 e. The Bertz CT molecular complexity index is 607. The summed E-state index contributed by atoms with van der Waals surface area (Å²) in [5, 5.41) is 18.2. The lowest BCUT2D eigenvalue weighted by Gasteiger charge is -2.36. The van der Waals surface area contributed by atoms with Gasteiger partial charge in [-0.05, 0) is 33.3 Å². The minimum absolute atomic E-state index is 0.103. The summed E-state index contributed by atoms with van der Waals surface area (Å²) in [6.45, 7) is 9.32. The van der Waals surface area contributed by atoms with E-state index in [1.54, 1.807) is 11.2 Å². The Morgan fingerprint density at radius 1 is 1.21 bits per heavy atom. The molecule has 1 aliphatic rings. The fourth-order valence-corrected chi connectivity index (χ4v) is 2.52. The zero-order chi connectivity index (χ0) is 17.7. The highest BCUT2D eigenvalue weighted by Gasteiger charge is 2.32. The third kappa shape index (κ3) is 4.24. The van der Waals surface area contributed by atoms with Crippen LogP contribution in [0.5, 0.6) is 0 Å². The summed E-state index contributed by atoms with van der Waals surface area (Å²) >= 11 is 0. The SMILES string of the molecule is CC(C)N=C(N)N(C(C)C)N1CCN(N=Cc2ccccc2)C1=N. The van der Waals surface area contributed by atoms with Gasteiger partial charge in [-0.15, -0.1) is 0 Å². The number of aliphatic imine (C=N–C) groups is 1. The van der Waals surface area contributed by atoms with E-state index in [0.717, 1.165) is 5.56 Å². The highest BCUT2D eigenvalue weighted by atomic mass is 15.8. The molecule has 2 rings (SSSR count). The fourth-order valence-electron chi connectivity index (χ4n) is 2.52. The molecule has 3 N–H and O–H groups in total. The van der Waals surface area contributed by atoms with Gasteiger partial charge in [0, 0.05) is 12.1 Å². The molecule has 1 saturated heterocycles. The summed E-state index contributed by atoms with van der Waals surface area (Å²) in [7, 11) is 0. The minimum atomic E-state index is 0.103. The first-order valence-electron chi connectivity index (χ1n) is 8.25. The van der Waals surface area contributed by atoms with Gasteiger partial charge < -0.3 is 5.73 Å². The van der Waals surface area contributed by atoms with Crippen LogP contribution in [0.25, 0.3) is 0 Å². The van der Waals surface area contributed by atoms with Crippen molar-refractivity contribution in [1.82, 2.24) is 15.0 Å². The van der Waals surface area contributed by atoms with Crippen LogP contribution < -0.4 is 5.73 Å². The summed E-state index contributed by atoms with van der Waals surface area (Å²) in [4.78, 5) is 4.42. The van der Waals surface area contributed by atoms with Gasteiger partial charge in [0.15, 0.2) is 0 Å². The Hall–Kier alpha value is -2.57. The summed E-state index contributed by atoms with van der Waals surface area (Å²) in [5.74, 6) is 0.733. The van der Waals surface area contributed by atoms with Crippen LogP contribution in [-0.2, 0) is 0 Å². The van der Waals surface area contributed by atoms with Crippen LogP contribution in [0, 0.1) is 5.41 Å². The normalized spacial score (nSPS) is 16.1. The van der Waals surface area contributed by atoms with Crippen molar-refractivity contribution in [1.29, 1.82) is 5.41 Å². The highest BCUT2D eigenvalue weighted by molar-refractivity contribution is 5.86. The van der Waals surface area contributed by atoms with Gasteiger partial charge in [0.1, 0.15) is 0 Å². The van der Waals surface area contributed by atoms with Crippen molar-refractivity contribution in [3.63, 3.8) is 0 Å². The molecule has 0 spiro atoms. The van der Waals surface area contributed by atoms with E-state index in [0.29, 0.717) is 25.0 Å². The molecule has 0 bridgehead atoms. The molecule has 0 atom stereocenters. The Labute approximate surface area is 143 Å². The molecule has 7 nitrogen and oxygen atoms in total. The van der Waals surface area contributed by atoms with Crippen LogP contribution in [0.4, 0.5) is 0 Å². The smallest absolute Gasteiger partial charge is 0.234 e. The number of guanidine groups is 2. The molecule has 1 aromatic carbocycles. The predicted molar refractivity (Wildman–Crippen MR) is 98.9 cm³/mol. The zero-order valence-corrected chi connectivity index (χ0v) is 14.8. The Balaban J connectivity index is 2.12. The van der Waals surface area contributed by atoms with Crippen molar-refractivity contribution < 1.29 is 0 Å². The van der Waals surface area contributed by atoms with Crippen molar-refractivity contribution in [2.24, 2.45) is 15.8 Å². The first kappa shape index (κ1) is 17.8. The minimum Gasteiger partial charge on any atom is -0.368 e. The number of rotatable bonds is 5. The summed E-state index contributed by atoms with van der Waals surface area (Å²) in [5.41, 5.74) is 7.16. The first-order valence-corrected chi connectivity index (χ1v) is 8.25. The summed E-state index contributed by atoms with van der Waals surface area (Å²) in [6.07, 6.45) is 1.77. The largest absolute Gasteiger partial charge is 0.368 e. The molecule has 1 aliphatic heterocycles. The van der Waals surface area contributed by atoms with Crippen LogP contribution in [-0.4, -0.2) is 58.3 Å². The van der Waals surface area contributed by atoms with Crippen molar-refractivity contribution in [3.8, 4) is 0 Å². The van der Waals surface area contributed by atoms with Gasteiger partial charge in [0.2, 0.25) is 11.9 Å². The van der Waals surface area contributed by atoms with Crippen LogP contribution in [0.1, 0.15) is 33.3 Å². The van der Waals surface area contributed by atoms with Gasteiger partial charge in [-0.25, -0.2) is 20.0 Å². The van der Waals surface area contributed by atoms with E-state index < -0.39 is 0 Å². The molecule has 0 saturated carbocycles.